The third-order valence-electron chi connectivity index (χ3n) is 2.85. The maximum Gasteiger partial charge on any atom is 0.146 e. The molecule has 98 valence electrons. The van der Waals surface area contributed by atoms with E-state index in [2.05, 4.69) is 28.7 Å². The highest BCUT2D eigenvalue weighted by Gasteiger charge is 2.10. The van der Waals surface area contributed by atoms with Crippen LogP contribution in [0.3, 0.4) is 0 Å². The van der Waals surface area contributed by atoms with Crippen molar-refractivity contribution in [1.82, 2.24) is 14.9 Å². The van der Waals surface area contributed by atoms with Crippen molar-refractivity contribution < 1.29 is 0 Å². The molecule has 0 radical (unpaired) electrons. The van der Waals surface area contributed by atoms with E-state index in [0.717, 1.165) is 48.5 Å². The van der Waals surface area contributed by atoms with Gasteiger partial charge in [-0.05, 0) is 37.4 Å². The van der Waals surface area contributed by atoms with E-state index in [1.54, 1.807) is 11.3 Å². The zero-order chi connectivity index (χ0) is 13.0. The number of hydrogen-bond acceptors (Lipinski definition) is 5. The summed E-state index contributed by atoms with van der Waals surface area (Å²) >= 11 is 1.62. The van der Waals surface area contributed by atoms with E-state index in [1.165, 1.54) is 0 Å². The summed E-state index contributed by atoms with van der Waals surface area (Å²) in [6, 6.07) is 1.98. The zero-order valence-corrected chi connectivity index (χ0v) is 11.8. The Kier molecular flexibility index (Phi) is 4.49. The highest BCUT2D eigenvalue weighted by molar-refractivity contribution is 7.16. The topological polar surface area (TPSA) is 55.0 Å². The van der Waals surface area contributed by atoms with Gasteiger partial charge < -0.3 is 5.73 Å². The number of anilines is 1. The van der Waals surface area contributed by atoms with Crippen molar-refractivity contribution in [3.63, 3.8) is 0 Å². The summed E-state index contributed by atoms with van der Waals surface area (Å²) < 4.78 is 0. The van der Waals surface area contributed by atoms with Gasteiger partial charge >= 0.3 is 0 Å². The lowest BCUT2D eigenvalue weighted by molar-refractivity contribution is 0.260. The summed E-state index contributed by atoms with van der Waals surface area (Å²) in [5.74, 6) is 1.44. The van der Waals surface area contributed by atoms with Crippen LogP contribution in [0, 0.1) is 0 Å². The summed E-state index contributed by atoms with van der Waals surface area (Å²) in [7, 11) is 0. The van der Waals surface area contributed by atoms with Crippen LogP contribution < -0.4 is 5.73 Å². The van der Waals surface area contributed by atoms with Crippen LogP contribution in [0.4, 0.5) is 5.82 Å². The molecule has 0 fully saturated rings. The number of rotatable bonds is 6. The minimum Gasteiger partial charge on any atom is -0.383 e. The lowest BCUT2D eigenvalue weighted by Crippen LogP contribution is -2.26. The summed E-state index contributed by atoms with van der Waals surface area (Å²) in [6.07, 6.45) is 2.30. The molecule has 18 heavy (non-hydrogen) atoms. The number of hydrogen-bond donors (Lipinski definition) is 1. The molecule has 2 rings (SSSR count). The van der Waals surface area contributed by atoms with E-state index in [1.807, 2.05) is 11.4 Å². The molecule has 2 aromatic heterocycles. The van der Waals surface area contributed by atoms with Crippen LogP contribution in [0.2, 0.25) is 0 Å². The van der Waals surface area contributed by atoms with E-state index in [0.29, 0.717) is 5.82 Å². The predicted octanol–water partition coefficient (Wildman–Crippen LogP) is 2.90. The first-order chi connectivity index (χ1) is 8.74. The molecule has 4 nitrogen and oxygen atoms in total. The van der Waals surface area contributed by atoms with E-state index in [9.17, 15) is 0 Å². The van der Waals surface area contributed by atoms with Gasteiger partial charge in [-0.1, -0.05) is 13.8 Å². The van der Waals surface area contributed by atoms with E-state index >= 15 is 0 Å². The van der Waals surface area contributed by atoms with Gasteiger partial charge in [0.1, 0.15) is 16.5 Å². The Morgan fingerprint density at radius 2 is 1.94 bits per heavy atom. The molecule has 0 unspecified atom stereocenters. The Hall–Kier alpha value is -1.20. The lowest BCUT2D eigenvalue weighted by Gasteiger charge is -2.19. The third-order valence-corrected chi connectivity index (χ3v) is 3.65. The van der Waals surface area contributed by atoms with Gasteiger partial charge in [0.05, 0.1) is 11.9 Å². The molecule has 0 aromatic carbocycles. The fourth-order valence-electron chi connectivity index (χ4n) is 2.10. The monoisotopic (exact) mass is 264 g/mol. The van der Waals surface area contributed by atoms with E-state index < -0.39 is 0 Å². The van der Waals surface area contributed by atoms with Crippen molar-refractivity contribution in [3.8, 4) is 0 Å². The first kappa shape index (κ1) is 13.2. The van der Waals surface area contributed by atoms with Crippen molar-refractivity contribution in [2.24, 2.45) is 0 Å². The largest absolute Gasteiger partial charge is 0.383 e. The molecule has 0 bridgehead atoms. The first-order valence-corrected chi connectivity index (χ1v) is 7.34. The average Bonchev–Trinajstić information content (AvgIpc) is 2.78. The van der Waals surface area contributed by atoms with Crippen LogP contribution >= 0.6 is 11.3 Å². The number of fused-ring (bicyclic) bond motifs is 1. The number of thiophene rings is 1. The predicted molar refractivity (Wildman–Crippen MR) is 77.7 cm³/mol. The normalized spacial score (nSPS) is 11.5. The van der Waals surface area contributed by atoms with Crippen LogP contribution in [0.5, 0.6) is 0 Å². The maximum atomic E-state index is 5.96. The van der Waals surface area contributed by atoms with Crippen LogP contribution in [-0.2, 0) is 6.54 Å². The number of aromatic nitrogens is 2. The van der Waals surface area contributed by atoms with Crippen molar-refractivity contribution in [1.29, 1.82) is 0 Å². The Morgan fingerprint density at radius 1 is 1.22 bits per heavy atom. The SMILES string of the molecule is CCCN(CCC)Cc1nc(N)c2ccsc2n1. The van der Waals surface area contributed by atoms with E-state index in [4.69, 9.17) is 5.73 Å². The smallest absolute Gasteiger partial charge is 0.146 e. The van der Waals surface area contributed by atoms with Gasteiger partial charge in [0.15, 0.2) is 0 Å². The highest BCUT2D eigenvalue weighted by atomic mass is 32.1. The highest BCUT2D eigenvalue weighted by Crippen LogP contribution is 2.23. The summed E-state index contributed by atoms with van der Waals surface area (Å²) in [6.45, 7) is 7.35. The van der Waals surface area contributed by atoms with Crippen molar-refractivity contribution in [2.75, 3.05) is 18.8 Å². The molecule has 0 amide bonds. The maximum absolute atomic E-state index is 5.96. The van der Waals surface area contributed by atoms with Crippen LogP contribution in [0.1, 0.15) is 32.5 Å². The van der Waals surface area contributed by atoms with Crippen LogP contribution in [0.25, 0.3) is 10.2 Å². The summed E-state index contributed by atoms with van der Waals surface area (Å²) in [5, 5.41) is 2.98. The molecule has 0 spiro atoms. The minimum atomic E-state index is 0.601. The van der Waals surface area contributed by atoms with Crippen LogP contribution in [0.15, 0.2) is 11.4 Å². The number of nitrogens with zero attached hydrogens (tertiary/aromatic N) is 3. The zero-order valence-electron chi connectivity index (χ0n) is 11.0. The van der Waals surface area contributed by atoms with Gasteiger partial charge in [0, 0.05) is 0 Å². The van der Waals surface area contributed by atoms with Gasteiger partial charge in [-0.3, -0.25) is 4.90 Å². The Balaban J connectivity index is 2.19. The first-order valence-electron chi connectivity index (χ1n) is 6.46. The third kappa shape index (κ3) is 2.97. The molecule has 2 aromatic rings. The average molecular weight is 264 g/mol. The molecule has 0 aliphatic heterocycles. The second-order valence-corrected chi connectivity index (χ2v) is 5.34. The van der Waals surface area contributed by atoms with Crippen LogP contribution in [-0.4, -0.2) is 28.0 Å². The fraction of sp³-hybridized carbons (Fsp3) is 0.538. The van der Waals surface area contributed by atoms with Gasteiger partial charge in [0.25, 0.3) is 0 Å². The molecule has 2 N–H and O–H groups in total. The van der Waals surface area contributed by atoms with Gasteiger partial charge in [-0.15, -0.1) is 11.3 Å². The van der Waals surface area contributed by atoms with Crippen molar-refractivity contribution >= 4 is 27.4 Å². The molecule has 2 heterocycles. The quantitative estimate of drug-likeness (QED) is 0.871. The van der Waals surface area contributed by atoms with Crippen molar-refractivity contribution in [2.45, 2.75) is 33.2 Å². The Labute approximate surface area is 112 Å². The molecule has 0 aliphatic rings. The second-order valence-electron chi connectivity index (χ2n) is 4.44. The molecule has 0 atom stereocenters. The standard InChI is InChI=1S/C13H20N4S/c1-3-6-17(7-4-2)9-11-15-12(14)10-5-8-18-13(10)16-11/h5,8H,3-4,6-7,9H2,1-2H3,(H2,14,15,16). The number of nitrogen functional groups attached to an aromatic ring is 1. The molecule has 0 aliphatic carbocycles. The lowest BCUT2D eigenvalue weighted by atomic mass is 10.3. The van der Waals surface area contributed by atoms with Gasteiger partial charge in [-0.25, -0.2) is 9.97 Å². The summed E-state index contributed by atoms with van der Waals surface area (Å²) in [5.41, 5.74) is 5.96. The fourth-order valence-corrected chi connectivity index (χ4v) is 2.89. The van der Waals surface area contributed by atoms with Crippen molar-refractivity contribution in [3.05, 3.63) is 17.3 Å². The molecular weight excluding hydrogens is 244 g/mol. The van der Waals surface area contributed by atoms with E-state index in [-0.39, 0.29) is 0 Å². The van der Waals surface area contributed by atoms with Gasteiger partial charge in [-0.2, -0.15) is 0 Å². The Bertz CT molecular complexity index is 503. The molecule has 0 saturated carbocycles. The second kappa shape index (κ2) is 6.11. The number of nitrogens with two attached hydrogens (primary N) is 1. The minimum absolute atomic E-state index is 0.601. The molecule has 0 saturated heterocycles. The van der Waals surface area contributed by atoms with Gasteiger partial charge in [0.2, 0.25) is 0 Å². The molecular formula is C13H20N4S. The molecule has 5 heteroatoms. The summed E-state index contributed by atoms with van der Waals surface area (Å²) in [4.78, 5) is 12.4. The Morgan fingerprint density at radius 3 is 2.61 bits per heavy atom.